The molecule has 134 valence electrons. The summed E-state index contributed by atoms with van der Waals surface area (Å²) in [5, 5.41) is 8.01. The molecular weight excluding hydrogens is 323 g/mol. The van der Waals surface area contributed by atoms with E-state index in [0.29, 0.717) is 19.0 Å². The molecule has 0 radical (unpaired) electrons. The second kappa shape index (κ2) is 8.73. The minimum Gasteiger partial charge on any atom is -0.489 e. The summed E-state index contributed by atoms with van der Waals surface area (Å²) in [6.45, 7) is 4.27. The standard InChI is InChI=1S/C18H23FN4O2/c1-22(18-7-4-8-20-21-18)13-15-14-23(9-11-24-15)10-12-25-17-6-3-2-5-16(17)19/h2-8,15H,9-14H2,1H3. The van der Waals surface area contributed by atoms with E-state index >= 15 is 0 Å². The highest BCUT2D eigenvalue weighted by Gasteiger charge is 2.22. The van der Waals surface area contributed by atoms with E-state index in [-0.39, 0.29) is 11.9 Å². The van der Waals surface area contributed by atoms with Crippen molar-refractivity contribution in [3.8, 4) is 5.75 Å². The molecule has 0 bridgehead atoms. The second-order valence-electron chi connectivity index (χ2n) is 6.03. The lowest BCUT2D eigenvalue weighted by molar-refractivity contribution is -0.0266. The van der Waals surface area contributed by atoms with Crippen molar-refractivity contribution in [1.82, 2.24) is 15.1 Å². The molecule has 0 aliphatic carbocycles. The molecule has 1 aliphatic rings. The maximum Gasteiger partial charge on any atom is 0.165 e. The van der Waals surface area contributed by atoms with Gasteiger partial charge in [-0.15, -0.1) is 5.10 Å². The van der Waals surface area contributed by atoms with Crippen LogP contribution in [0.5, 0.6) is 5.75 Å². The summed E-state index contributed by atoms with van der Waals surface area (Å²) in [5.74, 6) is 0.800. The number of rotatable bonds is 7. The lowest BCUT2D eigenvalue weighted by Gasteiger charge is -2.34. The van der Waals surface area contributed by atoms with Crippen molar-refractivity contribution in [2.45, 2.75) is 6.10 Å². The van der Waals surface area contributed by atoms with Crippen molar-refractivity contribution in [2.75, 3.05) is 51.3 Å². The summed E-state index contributed by atoms with van der Waals surface area (Å²) in [7, 11) is 1.98. The number of ether oxygens (including phenoxy) is 2. The predicted molar refractivity (Wildman–Crippen MR) is 93.4 cm³/mol. The Balaban J connectivity index is 1.44. The summed E-state index contributed by atoms with van der Waals surface area (Å²) >= 11 is 0. The molecule has 25 heavy (non-hydrogen) atoms. The van der Waals surface area contributed by atoms with Gasteiger partial charge in [0.15, 0.2) is 17.4 Å². The Bertz CT molecular complexity index is 659. The summed E-state index contributed by atoms with van der Waals surface area (Å²) < 4.78 is 24.9. The molecular formula is C18H23FN4O2. The van der Waals surface area contributed by atoms with E-state index < -0.39 is 0 Å². The molecule has 0 spiro atoms. The van der Waals surface area contributed by atoms with E-state index in [9.17, 15) is 4.39 Å². The largest absolute Gasteiger partial charge is 0.489 e. The molecule has 1 fully saturated rings. The first kappa shape index (κ1) is 17.6. The van der Waals surface area contributed by atoms with Gasteiger partial charge < -0.3 is 14.4 Å². The molecule has 2 aromatic rings. The Morgan fingerprint density at radius 3 is 3.00 bits per heavy atom. The number of halogens is 1. The van der Waals surface area contributed by atoms with Crippen LogP contribution < -0.4 is 9.64 Å². The van der Waals surface area contributed by atoms with Crippen molar-refractivity contribution in [1.29, 1.82) is 0 Å². The average molecular weight is 346 g/mol. The Morgan fingerprint density at radius 1 is 1.32 bits per heavy atom. The van der Waals surface area contributed by atoms with Crippen LogP contribution in [-0.2, 0) is 4.74 Å². The number of aromatic nitrogens is 2. The van der Waals surface area contributed by atoms with Gasteiger partial charge in [-0.25, -0.2) is 4.39 Å². The fourth-order valence-electron chi connectivity index (χ4n) is 2.84. The number of nitrogens with zero attached hydrogens (tertiary/aromatic N) is 4. The molecule has 1 aromatic heterocycles. The fourth-order valence-corrected chi connectivity index (χ4v) is 2.84. The van der Waals surface area contributed by atoms with Crippen LogP contribution in [0.25, 0.3) is 0 Å². The Morgan fingerprint density at radius 2 is 2.20 bits per heavy atom. The topological polar surface area (TPSA) is 50.7 Å². The highest BCUT2D eigenvalue weighted by atomic mass is 19.1. The molecule has 1 aliphatic heterocycles. The van der Waals surface area contributed by atoms with Crippen LogP contribution in [0.4, 0.5) is 10.2 Å². The number of para-hydroxylation sites is 1. The van der Waals surface area contributed by atoms with Crippen LogP contribution in [0.2, 0.25) is 0 Å². The lowest BCUT2D eigenvalue weighted by atomic mass is 10.2. The summed E-state index contributed by atoms with van der Waals surface area (Å²) in [6.07, 6.45) is 1.75. The third-order valence-electron chi connectivity index (χ3n) is 4.15. The zero-order valence-electron chi connectivity index (χ0n) is 14.3. The van der Waals surface area contributed by atoms with Crippen molar-refractivity contribution in [3.05, 3.63) is 48.4 Å². The number of hydrogen-bond acceptors (Lipinski definition) is 6. The quantitative estimate of drug-likeness (QED) is 0.762. The number of hydrogen-bond donors (Lipinski definition) is 0. The molecule has 3 rings (SSSR count). The van der Waals surface area contributed by atoms with Gasteiger partial charge in [0.25, 0.3) is 0 Å². The van der Waals surface area contributed by atoms with Crippen molar-refractivity contribution in [2.24, 2.45) is 0 Å². The first-order chi connectivity index (χ1) is 12.2. The van der Waals surface area contributed by atoms with Crippen molar-refractivity contribution < 1.29 is 13.9 Å². The van der Waals surface area contributed by atoms with Gasteiger partial charge in [0.2, 0.25) is 0 Å². The van der Waals surface area contributed by atoms with Gasteiger partial charge in [0.05, 0.1) is 12.7 Å². The highest BCUT2D eigenvalue weighted by Crippen LogP contribution is 2.16. The molecule has 0 amide bonds. The third-order valence-corrected chi connectivity index (χ3v) is 4.15. The van der Waals surface area contributed by atoms with Gasteiger partial charge in [-0.1, -0.05) is 12.1 Å². The van der Waals surface area contributed by atoms with Crippen LogP contribution >= 0.6 is 0 Å². The smallest absolute Gasteiger partial charge is 0.165 e. The molecule has 6 nitrogen and oxygen atoms in total. The molecule has 1 unspecified atom stereocenters. The number of likely N-dealkylation sites (N-methyl/N-ethyl adjacent to an activating group) is 1. The van der Waals surface area contributed by atoms with Gasteiger partial charge in [0.1, 0.15) is 6.61 Å². The highest BCUT2D eigenvalue weighted by molar-refractivity contribution is 5.35. The zero-order chi connectivity index (χ0) is 17.5. The number of morpholine rings is 1. The van der Waals surface area contributed by atoms with Gasteiger partial charge >= 0.3 is 0 Å². The van der Waals surface area contributed by atoms with Gasteiger partial charge in [-0.3, -0.25) is 4.90 Å². The summed E-state index contributed by atoms with van der Waals surface area (Å²) in [5.41, 5.74) is 0. The van der Waals surface area contributed by atoms with Crippen LogP contribution in [0, 0.1) is 5.82 Å². The second-order valence-corrected chi connectivity index (χ2v) is 6.03. The summed E-state index contributed by atoms with van der Waals surface area (Å²) in [6, 6.07) is 10.3. The fraction of sp³-hybridized carbons (Fsp3) is 0.444. The lowest BCUT2D eigenvalue weighted by Crippen LogP contribution is -2.48. The first-order valence-corrected chi connectivity index (χ1v) is 8.42. The maximum atomic E-state index is 13.5. The van der Waals surface area contributed by atoms with E-state index in [1.807, 2.05) is 24.1 Å². The van der Waals surface area contributed by atoms with Gasteiger partial charge in [-0.2, -0.15) is 5.10 Å². The SMILES string of the molecule is CN(CC1CN(CCOc2ccccc2F)CCO1)c1cccnn1. The Hall–Kier alpha value is -2.25. The monoisotopic (exact) mass is 346 g/mol. The Kier molecular flexibility index (Phi) is 6.14. The molecule has 1 atom stereocenters. The normalized spacial score (nSPS) is 18.1. The zero-order valence-corrected chi connectivity index (χ0v) is 14.3. The van der Waals surface area contributed by atoms with Crippen LogP contribution in [-0.4, -0.2) is 67.6 Å². The van der Waals surface area contributed by atoms with Crippen molar-refractivity contribution >= 4 is 5.82 Å². The molecule has 1 saturated heterocycles. The maximum absolute atomic E-state index is 13.5. The predicted octanol–water partition coefficient (Wildman–Crippen LogP) is 1.83. The van der Waals surface area contributed by atoms with E-state index in [0.717, 1.165) is 32.0 Å². The summed E-state index contributed by atoms with van der Waals surface area (Å²) in [4.78, 5) is 4.32. The molecule has 2 heterocycles. The minimum absolute atomic E-state index is 0.0919. The van der Waals surface area contributed by atoms with Crippen molar-refractivity contribution in [3.63, 3.8) is 0 Å². The van der Waals surface area contributed by atoms with E-state index in [1.54, 1.807) is 24.4 Å². The van der Waals surface area contributed by atoms with Gasteiger partial charge in [-0.05, 0) is 24.3 Å². The molecule has 0 N–H and O–H groups in total. The van der Waals surface area contributed by atoms with E-state index in [2.05, 4.69) is 15.1 Å². The molecule has 0 saturated carbocycles. The average Bonchev–Trinajstić information content (AvgIpc) is 2.64. The van der Waals surface area contributed by atoms with Crippen LogP contribution in [0.15, 0.2) is 42.6 Å². The third kappa shape index (κ3) is 5.11. The van der Waals surface area contributed by atoms with Crippen LogP contribution in [0.1, 0.15) is 0 Å². The van der Waals surface area contributed by atoms with Crippen LogP contribution in [0.3, 0.4) is 0 Å². The molecule has 7 heteroatoms. The first-order valence-electron chi connectivity index (χ1n) is 8.42. The number of anilines is 1. The number of benzene rings is 1. The van der Waals surface area contributed by atoms with E-state index in [4.69, 9.17) is 9.47 Å². The van der Waals surface area contributed by atoms with E-state index in [1.165, 1.54) is 6.07 Å². The minimum atomic E-state index is -0.326. The van der Waals surface area contributed by atoms with Gasteiger partial charge in [0, 0.05) is 39.4 Å². The Labute approximate surface area is 147 Å². The molecule has 1 aromatic carbocycles.